The van der Waals surface area contributed by atoms with E-state index in [1.807, 2.05) is 30.3 Å². The Morgan fingerprint density at radius 2 is 1.89 bits per heavy atom. The number of benzene rings is 2. The van der Waals surface area contributed by atoms with E-state index in [9.17, 15) is 0 Å². The number of hydrogen-bond acceptors (Lipinski definition) is 6. The van der Waals surface area contributed by atoms with Crippen molar-refractivity contribution in [3.05, 3.63) is 60.2 Å². The zero-order chi connectivity index (χ0) is 19.3. The van der Waals surface area contributed by atoms with E-state index in [1.165, 1.54) is 5.56 Å². The molecule has 6 nitrogen and oxygen atoms in total. The molecule has 2 heterocycles. The van der Waals surface area contributed by atoms with Crippen LogP contribution >= 0.6 is 0 Å². The minimum atomic E-state index is 0.491. The van der Waals surface area contributed by atoms with Crippen LogP contribution in [0.3, 0.4) is 0 Å². The van der Waals surface area contributed by atoms with E-state index in [1.54, 1.807) is 7.11 Å². The molecule has 0 aliphatic carbocycles. The molecule has 0 saturated heterocycles. The number of aryl methyl sites for hydroxylation is 1. The maximum absolute atomic E-state index is 5.50. The van der Waals surface area contributed by atoms with Crippen LogP contribution in [-0.4, -0.2) is 35.4 Å². The second-order valence-electron chi connectivity index (χ2n) is 6.64. The zero-order valence-corrected chi connectivity index (χ0v) is 16.0. The van der Waals surface area contributed by atoms with E-state index in [4.69, 9.17) is 14.2 Å². The Morgan fingerprint density at radius 1 is 1.04 bits per heavy atom. The fourth-order valence-electron chi connectivity index (χ4n) is 3.04. The van der Waals surface area contributed by atoms with Gasteiger partial charge in [0.2, 0.25) is 5.82 Å². The molecular weight excluding hydrogens is 352 g/mol. The van der Waals surface area contributed by atoms with Gasteiger partial charge >= 0.3 is 0 Å². The van der Waals surface area contributed by atoms with Crippen molar-refractivity contribution in [1.82, 2.24) is 15.1 Å². The van der Waals surface area contributed by atoms with Crippen molar-refractivity contribution in [2.24, 2.45) is 0 Å². The van der Waals surface area contributed by atoms with Gasteiger partial charge in [0.15, 0.2) is 0 Å². The van der Waals surface area contributed by atoms with Crippen LogP contribution < -0.4 is 5.32 Å². The Labute approximate surface area is 163 Å². The Balaban J connectivity index is 1.73. The molecule has 0 spiro atoms. The number of fused-ring (bicyclic) bond motifs is 1. The number of nitrogens with one attached hydrogen (secondary N) is 1. The second-order valence-corrected chi connectivity index (χ2v) is 6.64. The van der Waals surface area contributed by atoms with Crippen LogP contribution in [0.5, 0.6) is 0 Å². The summed E-state index contributed by atoms with van der Waals surface area (Å²) in [6, 6.07) is 18.0. The topological polar surface area (TPSA) is 73.1 Å². The van der Waals surface area contributed by atoms with Crippen molar-refractivity contribution >= 4 is 16.7 Å². The van der Waals surface area contributed by atoms with Crippen LogP contribution in [0.4, 0.5) is 5.82 Å². The Bertz CT molecular complexity index is 1080. The predicted molar refractivity (Wildman–Crippen MR) is 110 cm³/mol. The molecule has 0 radical (unpaired) electrons. The van der Waals surface area contributed by atoms with Crippen molar-refractivity contribution in [2.75, 3.05) is 25.6 Å². The molecule has 0 aliphatic rings. The SMILES string of the molecule is COCCCNc1nc2cc(C)ccc2cc1-c1noc(-c2ccccc2)n1. The molecule has 4 rings (SSSR count). The van der Waals surface area contributed by atoms with Crippen molar-refractivity contribution in [2.45, 2.75) is 13.3 Å². The lowest BCUT2D eigenvalue weighted by Gasteiger charge is -2.11. The van der Waals surface area contributed by atoms with Crippen LogP contribution in [0.2, 0.25) is 0 Å². The predicted octanol–water partition coefficient (Wildman–Crippen LogP) is 4.71. The minimum Gasteiger partial charge on any atom is -0.385 e. The van der Waals surface area contributed by atoms with Gasteiger partial charge < -0.3 is 14.6 Å². The number of nitrogens with zero attached hydrogens (tertiary/aromatic N) is 3. The first kappa shape index (κ1) is 18.1. The van der Waals surface area contributed by atoms with Gasteiger partial charge in [-0.15, -0.1) is 0 Å². The van der Waals surface area contributed by atoms with Gasteiger partial charge in [-0.05, 0) is 43.2 Å². The number of aromatic nitrogens is 3. The molecule has 0 amide bonds. The molecule has 0 fully saturated rings. The van der Waals surface area contributed by atoms with Gasteiger partial charge in [0.05, 0.1) is 11.1 Å². The maximum Gasteiger partial charge on any atom is 0.258 e. The maximum atomic E-state index is 5.50. The minimum absolute atomic E-state index is 0.491. The van der Waals surface area contributed by atoms with Crippen molar-refractivity contribution in [3.8, 4) is 22.8 Å². The summed E-state index contributed by atoms with van der Waals surface area (Å²) >= 11 is 0. The van der Waals surface area contributed by atoms with Gasteiger partial charge in [-0.2, -0.15) is 4.98 Å². The lowest BCUT2D eigenvalue weighted by molar-refractivity contribution is 0.198. The standard InChI is InChI=1S/C22H22N4O2/c1-15-9-10-17-14-18(20(24-19(17)13-15)23-11-6-12-27-2)21-25-22(28-26-21)16-7-4-3-5-8-16/h3-5,7-10,13-14H,6,11-12H2,1-2H3,(H,23,24). The third-order valence-corrected chi connectivity index (χ3v) is 4.48. The van der Waals surface area contributed by atoms with Crippen LogP contribution in [0.1, 0.15) is 12.0 Å². The molecule has 28 heavy (non-hydrogen) atoms. The summed E-state index contributed by atoms with van der Waals surface area (Å²) in [5.41, 5.74) is 3.81. The average molecular weight is 374 g/mol. The summed E-state index contributed by atoms with van der Waals surface area (Å²) in [6.45, 7) is 3.50. The van der Waals surface area contributed by atoms with Crippen LogP contribution in [0.25, 0.3) is 33.7 Å². The van der Waals surface area contributed by atoms with E-state index >= 15 is 0 Å². The van der Waals surface area contributed by atoms with E-state index < -0.39 is 0 Å². The Kier molecular flexibility index (Phi) is 5.30. The first-order valence-corrected chi connectivity index (χ1v) is 9.28. The Hall–Kier alpha value is -3.25. The smallest absolute Gasteiger partial charge is 0.258 e. The summed E-state index contributed by atoms with van der Waals surface area (Å²) in [5.74, 6) is 1.75. The number of hydrogen-bond donors (Lipinski definition) is 1. The molecule has 1 N–H and O–H groups in total. The fourth-order valence-corrected chi connectivity index (χ4v) is 3.04. The molecule has 142 valence electrons. The van der Waals surface area contributed by atoms with Gasteiger partial charge in [0.25, 0.3) is 5.89 Å². The summed E-state index contributed by atoms with van der Waals surface area (Å²) in [6.07, 6.45) is 0.880. The average Bonchev–Trinajstić information content (AvgIpc) is 3.21. The highest BCUT2D eigenvalue weighted by molar-refractivity contribution is 5.88. The van der Waals surface area contributed by atoms with Crippen molar-refractivity contribution in [3.63, 3.8) is 0 Å². The van der Waals surface area contributed by atoms with Crippen molar-refractivity contribution < 1.29 is 9.26 Å². The summed E-state index contributed by atoms with van der Waals surface area (Å²) in [5, 5.41) is 8.63. The van der Waals surface area contributed by atoms with Gasteiger partial charge in [0, 0.05) is 31.2 Å². The molecule has 0 bridgehead atoms. The number of ether oxygens (including phenoxy) is 1. The number of rotatable bonds is 7. The van der Waals surface area contributed by atoms with E-state index in [-0.39, 0.29) is 0 Å². The third kappa shape index (κ3) is 3.87. The monoisotopic (exact) mass is 374 g/mol. The molecule has 2 aromatic carbocycles. The molecule has 2 aromatic heterocycles. The normalized spacial score (nSPS) is 11.1. The zero-order valence-electron chi connectivity index (χ0n) is 16.0. The van der Waals surface area contributed by atoms with Gasteiger partial charge in [-0.1, -0.05) is 35.5 Å². The Morgan fingerprint density at radius 3 is 2.71 bits per heavy atom. The van der Waals surface area contributed by atoms with Crippen LogP contribution in [-0.2, 0) is 4.74 Å². The van der Waals surface area contributed by atoms with Crippen molar-refractivity contribution in [1.29, 1.82) is 0 Å². The number of methoxy groups -OCH3 is 1. The van der Waals surface area contributed by atoms with E-state index in [2.05, 4.69) is 46.6 Å². The van der Waals surface area contributed by atoms with Gasteiger partial charge in [0.1, 0.15) is 5.82 Å². The van der Waals surface area contributed by atoms with Gasteiger partial charge in [-0.3, -0.25) is 0 Å². The highest BCUT2D eigenvalue weighted by Gasteiger charge is 2.16. The lowest BCUT2D eigenvalue weighted by Crippen LogP contribution is -2.07. The first-order chi connectivity index (χ1) is 13.7. The highest BCUT2D eigenvalue weighted by Crippen LogP contribution is 2.30. The van der Waals surface area contributed by atoms with E-state index in [0.29, 0.717) is 18.3 Å². The molecule has 0 atom stereocenters. The third-order valence-electron chi connectivity index (χ3n) is 4.48. The molecular formula is C22H22N4O2. The van der Waals surface area contributed by atoms with Gasteiger partial charge in [-0.25, -0.2) is 4.98 Å². The fraction of sp³-hybridized carbons (Fsp3) is 0.227. The number of anilines is 1. The van der Waals surface area contributed by atoms with E-state index in [0.717, 1.165) is 40.8 Å². The molecule has 0 saturated carbocycles. The summed E-state index contributed by atoms with van der Waals surface area (Å²) < 4.78 is 10.6. The largest absolute Gasteiger partial charge is 0.385 e. The first-order valence-electron chi connectivity index (χ1n) is 9.28. The molecule has 0 unspecified atom stereocenters. The van der Waals surface area contributed by atoms with Crippen LogP contribution in [0, 0.1) is 6.92 Å². The quantitative estimate of drug-likeness (QED) is 0.472. The number of pyridine rings is 1. The summed E-state index contributed by atoms with van der Waals surface area (Å²) in [7, 11) is 1.70. The highest BCUT2D eigenvalue weighted by atomic mass is 16.5. The second kappa shape index (κ2) is 8.19. The van der Waals surface area contributed by atoms with Crippen LogP contribution in [0.15, 0.2) is 59.1 Å². The molecule has 4 aromatic rings. The lowest BCUT2D eigenvalue weighted by atomic mass is 10.1. The molecule has 6 heteroatoms. The summed E-state index contributed by atoms with van der Waals surface area (Å²) in [4.78, 5) is 9.42. The molecule has 0 aliphatic heterocycles.